The lowest BCUT2D eigenvalue weighted by atomic mass is 9.40. The van der Waals surface area contributed by atoms with Crippen LogP contribution in [0.15, 0.2) is 0 Å². The van der Waals surface area contributed by atoms with Gasteiger partial charge < -0.3 is 10.0 Å². The van der Waals surface area contributed by atoms with E-state index in [9.17, 15) is 0 Å². The van der Waals surface area contributed by atoms with Crippen LogP contribution >= 0.6 is 0 Å². The fraction of sp³-hybridized carbons (Fsp3) is 1.00. The van der Waals surface area contributed by atoms with Crippen LogP contribution in [-0.4, -0.2) is 39.7 Å². The van der Waals surface area contributed by atoms with Gasteiger partial charge in [0.25, 0.3) is 0 Å². The summed E-state index contributed by atoms with van der Waals surface area (Å²) in [7, 11) is 8.88. The molecule has 39 valence electrons. The third-order valence-corrected chi connectivity index (χ3v) is 0.365. The van der Waals surface area contributed by atoms with Crippen molar-refractivity contribution in [2.75, 3.05) is 0 Å². The predicted molar refractivity (Wildman–Crippen MR) is 37.9 cm³/mol. The van der Waals surface area contributed by atoms with E-state index in [2.05, 4.69) is 15.5 Å². The van der Waals surface area contributed by atoms with Crippen molar-refractivity contribution in [2.45, 2.75) is 13.2 Å². The van der Waals surface area contributed by atoms with Crippen LogP contribution < -0.4 is 0 Å². The van der Waals surface area contributed by atoms with Crippen LogP contribution in [0.2, 0.25) is 6.32 Å². The zero-order chi connectivity index (χ0) is 6.99. The molecule has 0 aliphatic carbocycles. The van der Waals surface area contributed by atoms with Gasteiger partial charge in [0.1, 0.15) is 0 Å². The summed E-state index contributed by atoms with van der Waals surface area (Å²) in [5, 5.41) is 15.8. The molecule has 5 radical (unpaired) electrons. The molecule has 0 aromatic carbocycles. The molecule has 0 fully saturated rings. The van der Waals surface area contributed by atoms with Crippen molar-refractivity contribution in [1.82, 2.24) is 0 Å². The van der Waals surface area contributed by atoms with Gasteiger partial charge in [-0.25, -0.2) is 0 Å². The largest absolute Gasteiger partial charge is 0.451 e. The lowest BCUT2D eigenvalue weighted by molar-refractivity contribution is 0.408. The Morgan fingerprint density at radius 1 is 1.50 bits per heavy atom. The minimum Gasteiger partial charge on any atom is -0.427 e. The molecule has 0 saturated heterocycles. The first-order valence-electron chi connectivity index (χ1n) is 2.30. The van der Waals surface area contributed by atoms with Gasteiger partial charge in [-0.2, -0.15) is 0 Å². The van der Waals surface area contributed by atoms with E-state index in [0.717, 1.165) is 7.06 Å². The standard InChI is InChI=1S/C2H7BO2.B3/c1-2-3(4)5;1-3-2/h4-5H,2H2,1H3;. The summed E-state index contributed by atoms with van der Waals surface area (Å²) in [6.45, 7) is 1.70. The molecule has 0 heterocycles. The van der Waals surface area contributed by atoms with Crippen LogP contribution in [-0.2, 0) is 0 Å². The Kier molecular flexibility index (Phi) is 14.1. The second-order valence-corrected chi connectivity index (χ2v) is 1.08. The molecule has 2 nitrogen and oxygen atoms in total. The van der Waals surface area contributed by atoms with Gasteiger partial charge in [-0.05, 0) is 6.32 Å². The lowest BCUT2D eigenvalue weighted by Crippen LogP contribution is -2.06. The summed E-state index contributed by atoms with van der Waals surface area (Å²) in [4.78, 5) is 0. The predicted octanol–water partition coefficient (Wildman–Crippen LogP) is -1.66. The maximum absolute atomic E-state index is 7.92. The Balaban J connectivity index is 0. The first-order chi connectivity index (χ1) is 3.68. The molecule has 0 saturated carbocycles. The van der Waals surface area contributed by atoms with E-state index in [1.807, 2.05) is 0 Å². The number of rotatable bonds is 1. The zero-order valence-electron chi connectivity index (χ0n) is 4.91. The van der Waals surface area contributed by atoms with E-state index >= 15 is 0 Å². The summed E-state index contributed by atoms with van der Waals surface area (Å²) in [5.41, 5.74) is 0. The van der Waals surface area contributed by atoms with Gasteiger partial charge in [0.2, 0.25) is 0 Å². The third kappa shape index (κ3) is 34.9. The van der Waals surface area contributed by atoms with E-state index in [4.69, 9.17) is 10.0 Å². The second kappa shape index (κ2) is 10.2. The highest BCUT2D eigenvalue weighted by Gasteiger charge is 1.96. The SMILES string of the molecule is CCB(O)O.[B][B][B]. The highest BCUT2D eigenvalue weighted by Crippen LogP contribution is 1.73. The van der Waals surface area contributed by atoms with Crippen LogP contribution in [0.3, 0.4) is 0 Å². The summed E-state index contributed by atoms with van der Waals surface area (Å²) < 4.78 is 0. The Labute approximate surface area is 53.8 Å². The van der Waals surface area contributed by atoms with Crippen LogP contribution in [0.5, 0.6) is 0 Å². The van der Waals surface area contributed by atoms with Crippen LogP contribution in [0.25, 0.3) is 0 Å². The molecule has 0 aromatic heterocycles. The van der Waals surface area contributed by atoms with Crippen LogP contribution in [0, 0.1) is 0 Å². The first kappa shape index (κ1) is 11.0. The fourth-order valence-electron chi connectivity index (χ4n) is 0. The van der Waals surface area contributed by atoms with Gasteiger partial charge in [0.15, 0.2) is 0 Å². The maximum atomic E-state index is 7.92. The van der Waals surface area contributed by atoms with Gasteiger partial charge >= 0.3 is 7.12 Å². The summed E-state index contributed by atoms with van der Waals surface area (Å²) in [6, 6.07) is 0. The molecule has 0 amide bonds. The average molecular weight is 106 g/mol. The van der Waals surface area contributed by atoms with Crippen molar-refractivity contribution >= 4 is 29.7 Å². The molecule has 6 heteroatoms. The summed E-state index contributed by atoms with van der Waals surface area (Å²) in [6.07, 6.45) is 0.417. The summed E-state index contributed by atoms with van der Waals surface area (Å²) >= 11 is 0. The van der Waals surface area contributed by atoms with Gasteiger partial charge in [0, 0.05) is 22.5 Å². The molecule has 0 bridgehead atoms. The first-order valence-corrected chi connectivity index (χ1v) is 2.30. The molecule has 0 aromatic rings. The monoisotopic (exact) mass is 107 g/mol. The number of hydrogen-bond donors (Lipinski definition) is 2. The van der Waals surface area contributed by atoms with Crippen molar-refractivity contribution in [1.29, 1.82) is 0 Å². The summed E-state index contributed by atoms with van der Waals surface area (Å²) in [5.74, 6) is 0. The van der Waals surface area contributed by atoms with Gasteiger partial charge in [-0.3, -0.25) is 0 Å². The van der Waals surface area contributed by atoms with E-state index in [0.29, 0.717) is 6.32 Å². The molecule has 0 aliphatic heterocycles. The Hall–Kier alpha value is 0.180. The Morgan fingerprint density at radius 2 is 1.62 bits per heavy atom. The quantitative estimate of drug-likeness (QED) is 0.393. The Bertz CT molecular complexity index is 33.2. The minimum absolute atomic E-state index is 0.417. The highest BCUT2D eigenvalue weighted by molar-refractivity contribution is 7.17. The maximum Gasteiger partial charge on any atom is 0.451 e. The van der Waals surface area contributed by atoms with E-state index in [1.165, 1.54) is 0 Å². The normalized spacial score (nSPS) is 6.38. The fourth-order valence-corrected chi connectivity index (χ4v) is 0. The van der Waals surface area contributed by atoms with Crippen molar-refractivity contribution in [3.05, 3.63) is 0 Å². The van der Waals surface area contributed by atoms with Gasteiger partial charge in [0.05, 0.1) is 0 Å². The number of hydrogen-bond acceptors (Lipinski definition) is 2. The molecule has 8 heavy (non-hydrogen) atoms. The van der Waals surface area contributed by atoms with Crippen molar-refractivity contribution < 1.29 is 10.0 Å². The molecule has 0 spiro atoms. The smallest absolute Gasteiger partial charge is 0.427 e. The third-order valence-electron chi connectivity index (χ3n) is 0.365. The highest BCUT2D eigenvalue weighted by atomic mass is 16.4. The molecule has 0 atom stereocenters. The zero-order valence-corrected chi connectivity index (χ0v) is 4.91. The van der Waals surface area contributed by atoms with Crippen molar-refractivity contribution in [3.63, 3.8) is 0 Å². The molecular formula is C2H7B4O2. The van der Waals surface area contributed by atoms with Crippen molar-refractivity contribution in [2.24, 2.45) is 0 Å². The van der Waals surface area contributed by atoms with Crippen molar-refractivity contribution in [3.8, 4) is 0 Å². The van der Waals surface area contributed by atoms with Gasteiger partial charge in [-0.15, -0.1) is 0 Å². The molecular weight excluding hydrogens is 99.3 g/mol. The molecule has 0 aliphatic rings. The molecule has 0 unspecified atom stereocenters. The van der Waals surface area contributed by atoms with E-state index < -0.39 is 7.12 Å². The van der Waals surface area contributed by atoms with E-state index in [1.54, 1.807) is 6.92 Å². The van der Waals surface area contributed by atoms with Crippen LogP contribution in [0.1, 0.15) is 6.92 Å². The average Bonchev–Trinajstić information content (AvgIpc) is 1.69. The lowest BCUT2D eigenvalue weighted by Gasteiger charge is -1.81. The molecule has 0 rings (SSSR count). The minimum atomic E-state index is -1.12. The van der Waals surface area contributed by atoms with E-state index in [-0.39, 0.29) is 0 Å². The topological polar surface area (TPSA) is 40.5 Å². The molecule has 2 N–H and O–H groups in total. The Morgan fingerprint density at radius 3 is 1.62 bits per heavy atom. The second-order valence-electron chi connectivity index (χ2n) is 1.08. The van der Waals surface area contributed by atoms with Crippen LogP contribution in [0.4, 0.5) is 0 Å². The van der Waals surface area contributed by atoms with Gasteiger partial charge in [-0.1, -0.05) is 6.92 Å².